The molecule has 0 heterocycles. The van der Waals surface area contributed by atoms with Crippen LogP contribution in [0.15, 0.2) is 54.6 Å². The first-order valence-electron chi connectivity index (χ1n) is 6.17. The van der Waals surface area contributed by atoms with E-state index in [9.17, 15) is 13.2 Å². The Morgan fingerprint density at radius 2 is 1.52 bits per heavy atom. The summed E-state index contributed by atoms with van der Waals surface area (Å²) in [6.45, 7) is 0.617. The van der Waals surface area contributed by atoms with Gasteiger partial charge in [-0.1, -0.05) is 42.5 Å². The molecule has 2 aromatic rings. The summed E-state index contributed by atoms with van der Waals surface area (Å²) in [4.78, 5) is 0. The van der Waals surface area contributed by atoms with Gasteiger partial charge >= 0.3 is 6.18 Å². The summed E-state index contributed by atoms with van der Waals surface area (Å²) in [5.74, 6) is 0. The maximum Gasteiger partial charge on any atom is 0.407 e. The zero-order chi connectivity index (χ0) is 14.6. The fourth-order valence-corrected chi connectivity index (χ4v) is 1.80. The molecule has 0 aliphatic rings. The van der Waals surface area contributed by atoms with Crippen LogP contribution in [0.25, 0.3) is 0 Å². The van der Waals surface area contributed by atoms with Crippen LogP contribution in [0, 0.1) is 0 Å². The van der Waals surface area contributed by atoms with Crippen LogP contribution in [-0.4, -0.2) is 6.18 Å². The van der Waals surface area contributed by atoms with Crippen molar-refractivity contribution in [3.05, 3.63) is 65.7 Å². The predicted octanol–water partition coefficient (Wildman–Crippen LogP) is 4.28. The van der Waals surface area contributed by atoms with E-state index >= 15 is 0 Å². The van der Waals surface area contributed by atoms with Crippen molar-refractivity contribution in [1.29, 1.82) is 0 Å². The zero-order valence-corrected chi connectivity index (χ0v) is 11.9. The Hall–Kier alpha value is -1.72. The van der Waals surface area contributed by atoms with Gasteiger partial charge in [0.15, 0.2) is 0 Å². The first-order valence-corrected chi connectivity index (χ1v) is 6.17. The average molecular weight is 317 g/mol. The molecule has 114 valence electrons. The number of anilines is 1. The topological polar surface area (TPSA) is 38.0 Å². The Labute approximate surface area is 127 Å². The van der Waals surface area contributed by atoms with E-state index in [4.69, 9.17) is 5.73 Å². The van der Waals surface area contributed by atoms with Gasteiger partial charge < -0.3 is 11.1 Å². The van der Waals surface area contributed by atoms with Crippen LogP contribution in [0.1, 0.15) is 17.2 Å². The fraction of sp³-hybridized carbons (Fsp3) is 0.200. The van der Waals surface area contributed by atoms with E-state index in [0.717, 1.165) is 11.3 Å². The van der Waals surface area contributed by atoms with Gasteiger partial charge in [-0.3, -0.25) is 0 Å². The summed E-state index contributed by atoms with van der Waals surface area (Å²) < 4.78 is 37.4. The fourth-order valence-electron chi connectivity index (χ4n) is 1.80. The summed E-state index contributed by atoms with van der Waals surface area (Å²) in [6, 6.07) is 13.8. The molecule has 2 rings (SSSR count). The van der Waals surface area contributed by atoms with Crippen molar-refractivity contribution < 1.29 is 13.2 Å². The van der Waals surface area contributed by atoms with Gasteiger partial charge in [-0.15, -0.1) is 12.4 Å². The highest BCUT2D eigenvalue weighted by atomic mass is 35.5. The highest BCUT2D eigenvalue weighted by Crippen LogP contribution is 2.30. The minimum absolute atomic E-state index is 0. The van der Waals surface area contributed by atoms with Gasteiger partial charge in [-0.05, 0) is 23.3 Å². The van der Waals surface area contributed by atoms with Crippen molar-refractivity contribution in [2.75, 3.05) is 5.32 Å². The second-order valence-electron chi connectivity index (χ2n) is 4.48. The smallest absolute Gasteiger partial charge is 0.381 e. The van der Waals surface area contributed by atoms with E-state index < -0.39 is 12.2 Å². The number of hydrogen-bond donors (Lipinski definition) is 2. The maximum absolute atomic E-state index is 12.5. The number of benzene rings is 2. The SMILES string of the molecule is Cl.N[C@@H](c1ccc(NCc2ccccc2)cc1)C(F)(F)F. The highest BCUT2D eigenvalue weighted by Gasteiger charge is 2.37. The monoisotopic (exact) mass is 316 g/mol. The van der Waals surface area contributed by atoms with E-state index in [2.05, 4.69) is 5.32 Å². The van der Waals surface area contributed by atoms with E-state index in [-0.39, 0.29) is 18.0 Å². The second-order valence-corrected chi connectivity index (χ2v) is 4.48. The van der Waals surface area contributed by atoms with Crippen molar-refractivity contribution in [3.8, 4) is 0 Å². The molecule has 1 atom stereocenters. The van der Waals surface area contributed by atoms with Gasteiger partial charge in [0.25, 0.3) is 0 Å². The molecule has 0 aliphatic carbocycles. The van der Waals surface area contributed by atoms with Crippen molar-refractivity contribution >= 4 is 18.1 Å². The van der Waals surface area contributed by atoms with Gasteiger partial charge in [0.1, 0.15) is 6.04 Å². The Morgan fingerprint density at radius 1 is 0.952 bits per heavy atom. The lowest BCUT2D eigenvalue weighted by atomic mass is 10.1. The molecule has 0 radical (unpaired) electrons. The molecule has 0 saturated heterocycles. The molecule has 0 bridgehead atoms. The molecular formula is C15H16ClF3N2. The lowest BCUT2D eigenvalue weighted by Gasteiger charge is -2.16. The van der Waals surface area contributed by atoms with Gasteiger partial charge in [-0.2, -0.15) is 13.2 Å². The molecule has 0 fully saturated rings. The minimum Gasteiger partial charge on any atom is -0.381 e. The summed E-state index contributed by atoms with van der Waals surface area (Å²) in [6.07, 6.45) is -4.42. The molecule has 21 heavy (non-hydrogen) atoms. The Kier molecular flexibility index (Phi) is 6.05. The maximum atomic E-state index is 12.5. The van der Waals surface area contributed by atoms with Gasteiger partial charge in [-0.25, -0.2) is 0 Å². The molecular weight excluding hydrogens is 301 g/mol. The van der Waals surface area contributed by atoms with E-state index in [1.165, 1.54) is 12.1 Å². The lowest BCUT2D eigenvalue weighted by Crippen LogP contribution is -2.28. The van der Waals surface area contributed by atoms with Crippen LogP contribution >= 0.6 is 12.4 Å². The van der Waals surface area contributed by atoms with Crippen molar-refractivity contribution in [3.63, 3.8) is 0 Å². The number of alkyl halides is 3. The third-order valence-corrected chi connectivity index (χ3v) is 2.96. The Morgan fingerprint density at radius 3 is 2.05 bits per heavy atom. The number of nitrogens with two attached hydrogens (primary N) is 1. The lowest BCUT2D eigenvalue weighted by molar-refractivity contribution is -0.149. The highest BCUT2D eigenvalue weighted by molar-refractivity contribution is 5.85. The second kappa shape index (κ2) is 7.33. The minimum atomic E-state index is -4.42. The van der Waals surface area contributed by atoms with Crippen LogP contribution in [0.4, 0.5) is 18.9 Å². The number of rotatable bonds is 4. The van der Waals surface area contributed by atoms with Crippen LogP contribution in [0.3, 0.4) is 0 Å². The third-order valence-electron chi connectivity index (χ3n) is 2.96. The van der Waals surface area contributed by atoms with E-state index in [1.54, 1.807) is 12.1 Å². The van der Waals surface area contributed by atoms with Gasteiger partial charge in [0.2, 0.25) is 0 Å². The largest absolute Gasteiger partial charge is 0.407 e. The van der Waals surface area contributed by atoms with Crippen molar-refractivity contribution in [1.82, 2.24) is 0 Å². The molecule has 6 heteroatoms. The summed E-state index contributed by atoms with van der Waals surface area (Å²) in [5.41, 5.74) is 7.06. The van der Waals surface area contributed by atoms with Crippen molar-refractivity contribution in [2.24, 2.45) is 5.73 Å². The van der Waals surface area contributed by atoms with E-state index in [1.807, 2.05) is 30.3 Å². The molecule has 0 amide bonds. The summed E-state index contributed by atoms with van der Waals surface area (Å²) in [5, 5.41) is 3.14. The molecule has 2 nitrogen and oxygen atoms in total. The summed E-state index contributed by atoms with van der Waals surface area (Å²) >= 11 is 0. The molecule has 2 aromatic carbocycles. The third kappa shape index (κ3) is 4.95. The molecule has 0 aromatic heterocycles. The van der Waals surface area contributed by atoms with Gasteiger partial charge in [0.05, 0.1) is 0 Å². The van der Waals surface area contributed by atoms with Gasteiger partial charge in [0, 0.05) is 12.2 Å². The molecule has 0 unspecified atom stereocenters. The Balaban J connectivity index is 0.00000220. The quantitative estimate of drug-likeness (QED) is 0.883. The zero-order valence-electron chi connectivity index (χ0n) is 11.1. The Bertz CT molecular complexity index is 541. The first-order chi connectivity index (χ1) is 9.47. The molecule has 0 saturated carbocycles. The van der Waals surface area contributed by atoms with Crippen LogP contribution < -0.4 is 11.1 Å². The van der Waals surface area contributed by atoms with Crippen molar-refractivity contribution in [2.45, 2.75) is 18.8 Å². The standard InChI is InChI=1S/C15H15F3N2.ClH/c16-15(17,18)14(19)12-6-8-13(9-7-12)20-10-11-4-2-1-3-5-11;/h1-9,14,20H,10,19H2;1H/t14-;/m0./s1. The van der Waals surface area contributed by atoms with Crippen LogP contribution in [0.5, 0.6) is 0 Å². The van der Waals surface area contributed by atoms with Crippen LogP contribution in [0.2, 0.25) is 0 Å². The number of halogens is 4. The normalized spacial score (nSPS) is 12.4. The first kappa shape index (κ1) is 17.3. The number of hydrogen-bond acceptors (Lipinski definition) is 2. The number of nitrogens with one attached hydrogen (secondary N) is 1. The predicted molar refractivity (Wildman–Crippen MR) is 80.4 cm³/mol. The molecule has 3 N–H and O–H groups in total. The van der Waals surface area contributed by atoms with Crippen LogP contribution in [-0.2, 0) is 6.54 Å². The molecule has 0 aliphatic heterocycles. The molecule has 0 spiro atoms. The average Bonchev–Trinajstić information content (AvgIpc) is 2.45. The van der Waals surface area contributed by atoms with E-state index in [0.29, 0.717) is 6.54 Å². The summed E-state index contributed by atoms with van der Waals surface area (Å²) in [7, 11) is 0.